The van der Waals surface area contributed by atoms with Crippen LogP contribution < -0.4 is 5.32 Å². The van der Waals surface area contributed by atoms with Crippen molar-refractivity contribution in [3.63, 3.8) is 0 Å². The Bertz CT molecular complexity index is 355. The molecular weight excluding hydrogens is 192 g/mol. The molecule has 0 amide bonds. The summed E-state index contributed by atoms with van der Waals surface area (Å²) in [6.45, 7) is 1.34. The Morgan fingerprint density at radius 3 is 2.71 bits per heavy atom. The lowest BCUT2D eigenvalue weighted by atomic mass is 10.2. The second-order valence-corrected chi connectivity index (χ2v) is 2.83. The number of nitrogens with one attached hydrogen (secondary N) is 1. The van der Waals surface area contributed by atoms with Crippen molar-refractivity contribution in [1.82, 2.24) is 0 Å². The van der Waals surface area contributed by atoms with Gasteiger partial charge < -0.3 is 10.4 Å². The van der Waals surface area contributed by atoms with Gasteiger partial charge in [0.25, 0.3) is 0 Å². The number of carboxylic acid groups (broad SMARTS) is 1. The van der Waals surface area contributed by atoms with Gasteiger partial charge in [-0.05, 0) is 25.1 Å². The van der Waals surface area contributed by atoms with E-state index in [0.717, 1.165) is 18.2 Å². The molecule has 3 nitrogen and oxygen atoms in total. The van der Waals surface area contributed by atoms with Crippen molar-refractivity contribution in [2.24, 2.45) is 0 Å². The van der Waals surface area contributed by atoms with Crippen molar-refractivity contribution >= 4 is 11.7 Å². The third kappa shape index (κ3) is 2.42. The molecule has 2 N–H and O–H groups in total. The van der Waals surface area contributed by atoms with Crippen LogP contribution in [0.15, 0.2) is 18.2 Å². The molecule has 1 atom stereocenters. The molecule has 0 heterocycles. The number of halogens is 2. The van der Waals surface area contributed by atoms with Gasteiger partial charge in [-0.3, -0.25) is 4.79 Å². The zero-order chi connectivity index (χ0) is 10.7. The summed E-state index contributed by atoms with van der Waals surface area (Å²) in [5.41, 5.74) is -0.153. The fourth-order valence-electron chi connectivity index (χ4n) is 0.903. The minimum atomic E-state index is -1.13. The van der Waals surface area contributed by atoms with Crippen molar-refractivity contribution < 1.29 is 18.7 Å². The minimum Gasteiger partial charge on any atom is -0.480 e. The number of carbonyl (C=O) groups is 1. The number of rotatable bonds is 3. The Hall–Kier alpha value is -1.65. The van der Waals surface area contributed by atoms with Crippen molar-refractivity contribution in [3.8, 4) is 0 Å². The van der Waals surface area contributed by atoms with Crippen LogP contribution in [-0.2, 0) is 4.79 Å². The van der Waals surface area contributed by atoms with E-state index in [1.165, 1.54) is 6.92 Å². The molecule has 0 saturated carbocycles. The fourth-order valence-corrected chi connectivity index (χ4v) is 0.903. The number of anilines is 1. The number of aliphatic carboxylic acids is 1. The molecule has 76 valence electrons. The van der Waals surface area contributed by atoms with Gasteiger partial charge in [0.15, 0.2) is 0 Å². The number of hydrogen-bond donors (Lipinski definition) is 2. The quantitative estimate of drug-likeness (QED) is 0.784. The van der Waals surface area contributed by atoms with Crippen molar-refractivity contribution in [2.75, 3.05) is 5.32 Å². The smallest absolute Gasteiger partial charge is 0.325 e. The third-order valence-corrected chi connectivity index (χ3v) is 1.67. The van der Waals surface area contributed by atoms with Crippen molar-refractivity contribution in [2.45, 2.75) is 13.0 Å². The minimum absolute atomic E-state index is 0.153. The highest BCUT2D eigenvalue weighted by Crippen LogP contribution is 2.16. The van der Waals surface area contributed by atoms with Crippen LogP contribution in [0.25, 0.3) is 0 Å². The van der Waals surface area contributed by atoms with Gasteiger partial charge >= 0.3 is 5.97 Å². The Morgan fingerprint density at radius 1 is 1.50 bits per heavy atom. The molecule has 0 unspecified atom stereocenters. The van der Waals surface area contributed by atoms with Crippen LogP contribution >= 0.6 is 0 Å². The van der Waals surface area contributed by atoms with Gasteiger partial charge in [-0.1, -0.05) is 0 Å². The maximum Gasteiger partial charge on any atom is 0.325 e. The van der Waals surface area contributed by atoms with E-state index < -0.39 is 23.6 Å². The van der Waals surface area contributed by atoms with Crippen LogP contribution in [0.2, 0.25) is 0 Å². The molecule has 0 aromatic heterocycles. The van der Waals surface area contributed by atoms with E-state index in [2.05, 4.69) is 5.32 Å². The highest BCUT2D eigenvalue weighted by molar-refractivity contribution is 5.76. The second kappa shape index (κ2) is 4.04. The Labute approximate surface area is 79.4 Å². The summed E-state index contributed by atoms with van der Waals surface area (Å²) in [5, 5.41) is 10.9. The first-order chi connectivity index (χ1) is 6.50. The molecule has 14 heavy (non-hydrogen) atoms. The van der Waals surface area contributed by atoms with Crippen molar-refractivity contribution in [3.05, 3.63) is 29.8 Å². The lowest BCUT2D eigenvalue weighted by molar-refractivity contribution is -0.137. The molecule has 1 rings (SSSR count). The lowest BCUT2D eigenvalue weighted by Crippen LogP contribution is -2.25. The molecule has 0 aliphatic heterocycles. The van der Waals surface area contributed by atoms with Crippen LogP contribution in [0.5, 0.6) is 0 Å². The van der Waals surface area contributed by atoms with Crippen LogP contribution in [0.3, 0.4) is 0 Å². The highest BCUT2D eigenvalue weighted by Gasteiger charge is 2.12. The molecule has 1 aromatic carbocycles. The molecule has 0 saturated heterocycles. The van der Waals surface area contributed by atoms with Gasteiger partial charge in [-0.25, -0.2) is 8.78 Å². The second-order valence-electron chi connectivity index (χ2n) is 2.83. The summed E-state index contributed by atoms with van der Waals surface area (Å²) in [7, 11) is 0. The van der Waals surface area contributed by atoms with Crippen LogP contribution in [-0.4, -0.2) is 17.1 Å². The number of benzene rings is 1. The summed E-state index contributed by atoms with van der Waals surface area (Å²) in [4.78, 5) is 10.4. The van der Waals surface area contributed by atoms with Gasteiger partial charge in [-0.2, -0.15) is 0 Å². The first-order valence-electron chi connectivity index (χ1n) is 3.95. The first kappa shape index (κ1) is 10.4. The van der Waals surface area contributed by atoms with E-state index in [9.17, 15) is 13.6 Å². The fraction of sp³-hybridized carbons (Fsp3) is 0.222. The van der Waals surface area contributed by atoms with Gasteiger partial charge in [0.2, 0.25) is 0 Å². The molecular formula is C9H9F2NO2. The van der Waals surface area contributed by atoms with E-state index in [4.69, 9.17) is 5.11 Å². The lowest BCUT2D eigenvalue weighted by Gasteiger charge is -2.11. The molecule has 0 aliphatic rings. The monoisotopic (exact) mass is 201 g/mol. The highest BCUT2D eigenvalue weighted by atomic mass is 19.1. The average Bonchev–Trinajstić information content (AvgIpc) is 2.11. The zero-order valence-corrected chi connectivity index (χ0v) is 7.42. The summed E-state index contributed by atoms with van der Waals surface area (Å²) in [5.74, 6) is -2.43. The number of hydrogen-bond acceptors (Lipinski definition) is 2. The molecule has 5 heteroatoms. The normalized spacial score (nSPS) is 12.2. The predicted octanol–water partition coefficient (Wildman–Crippen LogP) is 1.85. The van der Waals surface area contributed by atoms with Crippen molar-refractivity contribution in [1.29, 1.82) is 0 Å². The topological polar surface area (TPSA) is 49.3 Å². The molecule has 0 bridgehead atoms. The van der Waals surface area contributed by atoms with Gasteiger partial charge in [0.05, 0.1) is 5.69 Å². The summed E-state index contributed by atoms with van der Waals surface area (Å²) < 4.78 is 25.6. The first-order valence-corrected chi connectivity index (χ1v) is 3.95. The maximum absolute atomic E-state index is 13.0. The van der Waals surface area contributed by atoms with E-state index in [0.29, 0.717) is 0 Å². The van der Waals surface area contributed by atoms with Gasteiger partial charge in [-0.15, -0.1) is 0 Å². The molecule has 0 radical (unpaired) electrons. The SMILES string of the molecule is C[C@H](Nc1cc(F)ccc1F)C(=O)O. The summed E-state index contributed by atoms with van der Waals surface area (Å²) >= 11 is 0. The average molecular weight is 201 g/mol. The third-order valence-electron chi connectivity index (χ3n) is 1.67. The van der Waals surface area contributed by atoms with Gasteiger partial charge in [0.1, 0.15) is 17.7 Å². The zero-order valence-electron chi connectivity index (χ0n) is 7.42. The predicted molar refractivity (Wildman–Crippen MR) is 47.1 cm³/mol. The van der Waals surface area contributed by atoms with E-state index in [1.54, 1.807) is 0 Å². The van der Waals surface area contributed by atoms with Crippen LogP contribution in [0, 0.1) is 11.6 Å². The Morgan fingerprint density at radius 2 is 2.14 bits per heavy atom. The van der Waals surface area contributed by atoms with Crippen LogP contribution in [0.1, 0.15) is 6.92 Å². The van der Waals surface area contributed by atoms with Gasteiger partial charge in [0, 0.05) is 0 Å². The molecule has 1 aromatic rings. The summed E-state index contributed by atoms with van der Waals surface area (Å²) in [6, 6.07) is 1.85. The molecule has 0 spiro atoms. The number of carboxylic acids is 1. The molecule has 0 aliphatic carbocycles. The summed E-state index contributed by atoms with van der Waals surface area (Å²) in [6.07, 6.45) is 0. The molecule has 0 fully saturated rings. The van der Waals surface area contributed by atoms with E-state index in [1.807, 2.05) is 0 Å². The Balaban J connectivity index is 2.85. The standard InChI is InChI=1S/C9H9F2NO2/c1-5(9(13)14)12-8-4-6(10)2-3-7(8)11/h2-5,12H,1H3,(H,13,14)/t5-/m0/s1. The van der Waals surface area contributed by atoms with E-state index in [-0.39, 0.29) is 5.69 Å². The van der Waals surface area contributed by atoms with Crippen LogP contribution in [0.4, 0.5) is 14.5 Å². The maximum atomic E-state index is 13.0. The Kier molecular flexibility index (Phi) is 3.01. The van der Waals surface area contributed by atoms with E-state index >= 15 is 0 Å². The largest absolute Gasteiger partial charge is 0.480 e.